The van der Waals surface area contributed by atoms with E-state index in [0.29, 0.717) is 6.54 Å². The lowest BCUT2D eigenvalue weighted by Crippen LogP contribution is -2.10. The van der Waals surface area contributed by atoms with Gasteiger partial charge in [0, 0.05) is 31.2 Å². The molecule has 0 atom stereocenters. The van der Waals surface area contributed by atoms with Crippen LogP contribution >= 0.6 is 0 Å². The summed E-state index contributed by atoms with van der Waals surface area (Å²) in [6.45, 7) is 4.73. The smallest absolute Gasteiger partial charge is 0.0529 e. The van der Waals surface area contributed by atoms with Gasteiger partial charge in [-0.1, -0.05) is 18.2 Å². The minimum absolute atomic E-state index is 0.600. The molecule has 2 N–H and O–H groups in total. The highest BCUT2D eigenvalue weighted by molar-refractivity contribution is 5.86. The van der Waals surface area contributed by atoms with Gasteiger partial charge in [0.1, 0.15) is 0 Å². The molecular weight excluding hydrogens is 210 g/mol. The molecule has 0 saturated heterocycles. The van der Waals surface area contributed by atoms with Gasteiger partial charge in [-0.05, 0) is 32.1 Å². The molecule has 2 rings (SSSR count). The van der Waals surface area contributed by atoms with E-state index < -0.39 is 0 Å². The van der Waals surface area contributed by atoms with Crippen molar-refractivity contribution in [3.05, 3.63) is 35.5 Å². The minimum atomic E-state index is 0.600. The molecule has 1 aromatic heterocycles. The summed E-state index contributed by atoms with van der Waals surface area (Å²) in [5.74, 6) is 0. The number of aryl methyl sites for hydroxylation is 1. The zero-order valence-electron chi connectivity index (χ0n) is 10.9. The van der Waals surface area contributed by atoms with Crippen molar-refractivity contribution in [2.24, 2.45) is 5.73 Å². The van der Waals surface area contributed by atoms with Crippen LogP contribution < -0.4 is 5.73 Å². The number of nitrogens with zero attached hydrogens (tertiary/aromatic N) is 2. The van der Waals surface area contributed by atoms with Crippen molar-refractivity contribution in [2.75, 3.05) is 14.1 Å². The molecule has 0 bridgehead atoms. The average molecular weight is 231 g/mol. The summed E-state index contributed by atoms with van der Waals surface area (Å²) in [6, 6.07) is 6.41. The molecule has 3 heteroatoms. The van der Waals surface area contributed by atoms with Gasteiger partial charge in [0.05, 0.1) is 5.52 Å². The molecule has 0 fully saturated rings. The van der Waals surface area contributed by atoms with E-state index in [2.05, 4.69) is 54.9 Å². The van der Waals surface area contributed by atoms with Crippen molar-refractivity contribution in [3.63, 3.8) is 0 Å². The molecular formula is C14H21N3. The van der Waals surface area contributed by atoms with Crippen LogP contribution in [-0.4, -0.2) is 23.6 Å². The van der Waals surface area contributed by atoms with E-state index >= 15 is 0 Å². The first-order valence-corrected chi connectivity index (χ1v) is 6.11. The van der Waals surface area contributed by atoms with Crippen LogP contribution in [0.5, 0.6) is 0 Å². The van der Waals surface area contributed by atoms with E-state index in [1.54, 1.807) is 0 Å². The number of nitrogens with two attached hydrogens (primary N) is 1. The quantitative estimate of drug-likeness (QED) is 0.875. The Morgan fingerprint density at radius 2 is 2.00 bits per heavy atom. The molecule has 0 unspecified atom stereocenters. The fraction of sp³-hybridized carbons (Fsp3) is 0.429. The van der Waals surface area contributed by atoms with Gasteiger partial charge in [0.2, 0.25) is 0 Å². The van der Waals surface area contributed by atoms with E-state index in [4.69, 9.17) is 5.73 Å². The predicted molar refractivity (Wildman–Crippen MR) is 72.9 cm³/mol. The molecule has 0 saturated carbocycles. The van der Waals surface area contributed by atoms with Crippen LogP contribution in [0.25, 0.3) is 10.9 Å². The summed E-state index contributed by atoms with van der Waals surface area (Å²) >= 11 is 0. The molecule has 1 heterocycles. The van der Waals surface area contributed by atoms with Crippen LogP contribution in [0.4, 0.5) is 0 Å². The summed E-state index contributed by atoms with van der Waals surface area (Å²) in [4.78, 5) is 2.20. The molecule has 0 spiro atoms. The average Bonchev–Trinajstić information content (AvgIpc) is 2.67. The third kappa shape index (κ3) is 2.21. The highest BCUT2D eigenvalue weighted by Crippen LogP contribution is 2.25. The third-order valence-corrected chi connectivity index (χ3v) is 3.11. The van der Waals surface area contributed by atoms with Crippen molar-refractivity contribution in [2.45, 2.75) is 26.6 Å². The van der Waals surface area contributed by atoms with Crippen molar-refractivity contribution < 1.29 is 0 Å². The van der Waals surface area contributed by atoms with Crippen LogP contribution in [-0.2, 0) is 19.6 Å². The Labute approximate surface area is 103 Å². The zero-order valence-corrected chi connectivity index (χ0v) is 10.9. The normalized spacial score (nSPS) is 11.6. The number of hydrogen-bond acceptors (Lipinski definition) is 2. The fourth-order valence-corrected chi connectivity index (χ4v) is 2.39. The maximum atomic E-state index is 5.83. The molecule has 3 nitrogen and oxygen atoms in total. The highest BCUT2D eigenvalue weighted by Gasteiger charge is 2.10. The summed E-state index contributed by atoms with van der Waals surface area (Å²) in [5.41, 5.74) is 9.73. The summed E-state index contributed by atoms with van der Waals surface area (Å²) in [5, 5.41) is 1.34. The minimum Gasteiger partial charge on any atom is -0.347 e. The van der Waals surface area contributed by atoms with Crippen LogP contribution in [0, 0.1) is 0 Å². The van der Waals surface area contributed by atoms with Gasteiger partial charge in [-0.2, -0.15) is 0 Å². The lowest BCUT2D eigenvalue weighted by Gasteiger charge is -2.08. The lowest BCUT2D eigenvalue weighted by atomic mass is 10.1. The molecule has 0 aliphatic heterocycles. The van der Waals surface area contributed by atoms with Gasteiger partial charge in [0.25, 0.3) is 0 Å². The number of para-hydroxylation sites is 1. The van der Waals surface area contributed by atoms with Gasteiger partial charge >= 0.3 is 0 Å². The summed E-state index contributed by atoms with van der Waals surface area (Å²) < 4.78 is 2.30. The van der Waals surface area contributed by atoms with E-state index in [9.17, 15) is 0 Å². The highest BCUT2D eigenvalue weighted by atomic mass is 15.1. The second kappa shape index (κ2) is 4.90. The molecule has 1 aromatic carbocycles. The van der Waals surface area contributed by atoms with Crippen LogP contribution in [0.15, 0.2) is 24.4 Å². The monoisotopic (exact) mass is 231 g/mol. The number of benzene rings is 1. The largest absolute Gasteiger partial charge is 0.347 e. The molecule has 17 heavy (non-hydrogen) atoms. The summed E-state index contributed by atoms with van der Waals surface area (Å²) in [6.07, 6.45) is 2.25. The Morgan fingerprint density at radius 1 is 1.24 bits per heavy atom. The number of fused-ring (bicyclic) bond motifs is 1. The molecule has 0 amide bonds. The van der Waals surface area contributed by atoms with Crippen molar-refractivity contribution in [1.82, 2.24) is 9.47 Å². The van der Waals surface area contributed by atoms with Gasteiger partial charge < -0.3 is 15.2 Å². The second-order valence-corrected chi connectivity index (χ2v) is 4.70. The van der Waals surface area contributed by atoms with Gasteiger partial charge in [-0.25, -0.2) is 0 Å². The first-order valence-electron chi connectivity index (χ1n) is 6.11. The Bertz CT molecular complexity index is 511. The Balaban J connectivity index is 2.63. The van der Waals surface area contributed by atoms with Crippen LogP contribution in [0.1, 0.15) is 18.1 Å². The van der Waals surface area contributed by atoms with Crippen molar-refractivity contribution in [1.29, 1.82) is 0 Å². The molecule has 92 valence electrons. The Kier molecular flexibility index (Phi) is 3.50. The van der Waals surface area contributed by atoms with Crippen molar-refractivity contribution in [3.8, 4) is 0 Å². The fourth-order valence-electron chi connectivity index (χ4n) is 2.39. The third-order valence-electron chi connectivity index (χ3n) is 3.11. The van der Waals surface area contributed by atoms with Crippen LogP contribution in [0.3, 0.4) is 0 Å². The molecule has 2 aromatic rings. The van der Waals surface area contributed by atoms with Crippen molar-refractivity contribution >= 4 is 10.9 Å². The maximum absolute atomic E-state index is 5.83. The lowest BCUT2D eigenvalue weighted by molar-refractivity contribution is 0.403. The van der Waals surface area contributed by atoms with E-state index in [1.807, 2.05) is 0 Å². The predicted octanol–water partition coefficient (Wildman–Crippen LogP) is 2.18. The maximum Gasteiger partial charge on any atom is 0.0529 e. The van der Waals surface area contributed by atoms with Gasteiger partial charge in [0.15, 0.2) is 0 Å². The van der Waals surface area contributed by atoms with E-state index in [1.165, 1.54) is 22.0 Å². The van der Waals surface area contributed by atoms with Crippen LogP contribution in [0.2, 0.25) is 0 Å². The molecule has 0 aliphatic carbocycles. The molecule has 0 radical (unpaired) electrons. The van der Waals surface area contributed by atoms with E-state index in [-0.39, 0.29) is 0 Å². The first kappa shape index (κ1) is 12.1. The Hall–Kier alpha value is -1.32. The second-order valence-electron chi connectivity index (χ2n) is 4.70. The SMILES string of the molecule is CCn1cc(CN(C)C)c2cccc(CN)c21. The standard InChI is InChI=1S/C14H21N3/c1-4-17-10-12(9-16(2)3)13-7-5-6-11(8-15)14(13)17/h5-7,10H,4,8-9,15H2,1-3H3. The van der Waals surface area contributed by atoms with Gasteiger partial charge in [-0.3, -0.25) is 0 Å². The number of aromatic nitrogens is 1. The van der Waals surface area contributed by atoms with Gasteiger partial charge in [-0.15, -0.1) is 0 Å². The Morgan fingerprint density at radius 3 is 2.59 bits per heavy atom. The summed E-state index contributed by atoms with van der Waals surface area (Å²) in [7, 11) is 4.20. The topological polar surface area (TPSA) is 34.2 Å². The molecule has 0 aliphatic rings. The zero-order chi connectivity index (χ0) is 12.4. The van der Waals surface area contributed by atoms with E-state index in [0.717, 1.165) is 13.1 Å². The first-order chi connectivity index (χ1) is 8.17. The number of rotatable bonds is 4. The number of hydrogen-bond donors (Lipinski definition) is 1.